The van der Waals surface area contributed by atoms with E-state index in [1.54, 1.807) is 39.5 Å². The standard InChI is InChI=1S/C23H28ClN3O5S/c1-15-6-9-26(10-7-15)33(29,30)17-4-5-20-16(12-17)8-11-27(20)23(28)25-19-13-18(24)21(31-2)14-22(19)32-3/h4-5,12-15H,6-11H2,1-3H3,(H,25,28). The molecule has 33 heavy (non-hydrogen) atoms. The average molecular weight is 494 g/mol. The Bertz CT molecular complexity index is 1160. The van der Waals surface area contributed by atoms with E-state index < -0.39 is 10.0 Å². The summed E-state index contributed by atoms with van der Waals surface area (Å²) in [6.45, 7) is 3.68. The van der Waals surface area contributed by atoms with Crippen molar-refractivity contribution in [2.45, 2.75) is 31.1 Å². The average Bonchev–Trinajstić information content (AvgIpc) is 3.23. The number of hydrogen-bond donors (Lipinski definition) is 1. The number of amides is 2. The number of hydrogen-bond acceptors (Lipinski definition) is 5. The number of methoxy groups -OCH3 is 2. The minimum Gasteiger partial charge on any atom is -0.495 e. The number of carbonyl (C=O) groups excluding carboxylic acids is 1. The highest BCUT2D eigenvalue weighted by Gasteiger charge is 2.31. The first kappa shape index (κ1) is 23.7. The third kappa shape index (κ3) is 4.62. The number of anilines is 2. The molecule has 0 saturated carbocycles. The zero-order chi connectivity index (χ0) is 23.8. The molecular formula is C23H28ClN3O5S. The second-order valence-corrected chi connectivity index (χ2v) is 10.7. The molecular weight excluding hydrogens is 466 g/mol. The number of nitrogens with zero attached hydrogens (tertiary/aromatic N) is 2. The van der Waals surface area contributed by atoms with Crippen LogP contribution < -0.4 is 19.7 Å². The summed E-state index contributed by atoms with van der Waals surface area (Å²) in [6.07, 6.45) is 2.32. The van der Waals surface area contributed by atoms with Gasteiger partial charge in [0.1, 0.15) is 11.5 Å². The topological polar surface area (TPSA) is 88.2 Å². The van der Waals surface area contributed by atoms with Crippen LogP contribution in [0.2, 0.25) is 5.02 Å². The summed E-state index contributed by atoms with van der Waals surface area (Å²) in [5.41, 5.74) is 1.94. The summed E-state index contributed by atoms with van der Waals surface area (Å²) in [5, 5.41) is 3.18. The van der Waals surface area contributed by atoms with Gasteiger partial charge < -0.3 is 14.8 Å². The first-order chi connectivity index (χ1) is 15.7. The van der Waals surface area contributed by atoms with Gasteiger partial charge in [-0.15, -0.1) is 0 Å². The van der Waals surface area contributed by atoms with Crippen LogP contribution in [-0.2, 0) is 16.4 Å². The van der Waals surface area contributed by atoms with Gasteiger partial charge in [-0.25, -0.2) is 13.2 Å². The van der Waals surface area contributed by atoms with Crippen molar-refractivity contribution in [2.75, 3.05) is 44.1 Å². The van der Waals surface area contributed by atoms with Crippen molar-refractivity contribution in [1.82, 2.24) is 4.31 Å². The Morgan fingerprint density at radius 1 is 1.06 bits per heavy atom. The molecule has 2 heterocycles. The van der Waals surface area contributed by atoms with E-state index in [1.807, 2.05) is 0 Å². The van der Waals surface area contributed by atoms with Gasteiger partial charge in [0, 0.05) is 31.4 Å². The number of ether oxygens (including phenoxy) is 2. The Balaban J connectivity index is 1.54. The van der Waals surface area contributed by atoms with Gasteiger partial charge in [-0.2, -0.15) is 4.31 Å². The molecule has 0 aliphatic carbocycles. The van der Waals surface area contributed by atoms with E-state index in [0.29, 0.717) is 59.9 Å². The lowest BCUT2D eigenvalue weighted by molar-refractivity contribution is 0.257. The number of rotatable bonds is 5. The largest absolute Gasteiger partial charge is 0.495 e. The SMILES string of the molecule is COc1cc(OC)c(NC(=O)N2CCc3cc(S(=O)(=O)N4CCC(C)CC4)ccc32)cc1Cl. The number of halogens is 1. The first-order valence-electron chi connectivity index (χ1n) is 10.9. The number of benzene rings is 2. The Labute approximate surface area is 199 Å². The van der Waals surface area contributed by atoms with Crippen LogP contribution in [0.5, 0.6) is 11.5 Å². The maximum atomic E-state index is 13.1. The predicted molar refractivity (Wildman–Crippen MR) is 128 cm³/mol. The van der Waals surface area contributed by atoms with E-state index in [4.69, 9.17) is 21.1 Å². The highest BCUT2D eigenvalue weighted by molar-refractivity contribution is 7.89. The van der Waals surface area contributed by atoms with E-state index >= 15 is 0 Å². The quantitative estimate of drug-likeness (QED) is 0.668. The van der Waals surface area contributed by atoms with Crippen LogP contribution >= 0.6 is 11.6 Å². The van der Waals surface area contributed by atoms with Gasteiger partial charge >= 0.3 is 6.03 Å². The molecule has 4 rings (SSSR count). The summed E-state index contributed by atoms with van der Waals surface area (Å²) >= 11 is 6.21. The van der Waals surface area contributed by atoms with Gasteiger partial charge in [-0.1, -0.05) is 18.5 Å². The molecule has 0 spiro atoms. The zero-order valence-electron chi connectivity index (χ0n) is 18.9. The van der Waals surface area contributed by atoms with Crippen molar-refractivity contribution in [3.8, 4) is 11.5 Å². The first-order valence-corrected chi connectivity index (χ1v) is 12.7. The second kappa shape index (κ2) is 9.40. The third-order valence-corrected chi connectivity index (χ3v) is 8.48. The van der Waals surface area contributed by atoms with Crippen LogP contribution in [-0.4, -0.2) is 52.6 Å². The molecule has 1 fully saturated rings. The van der Waals surface area contributed by atoms with Crippen LogP contribution in [0.1, 0.15) is 25.3 Å². The van der Waals surface area contributed by atoms with Gasteiger partial charge in [0.25, 0.3) is 0 Å². The molecule has 0 aromatic heterocycles. The van der Waals surface area contributed by atoms with Gasteiger partial charge in [0.05, 0.1) is 29.8 Å². The van der Waals surface area contributed by atoms with E-state index in [9.17, 15) is 13.2 Å². The Morgan fingerprint density at radius 2 is 1.76 bits per heavy atom. The summed E-state index contributed by atoms with van der Waals surface area (Å²) in [5.74, 6) is 1.40. The zero-order valence-corrected chi connectivity index (χ0v) is 20.5. The number of urea groups is 1. The number of fused-ring (bicyclic) bond motifs is 1. The molecule has 178 valence electrons. The molecule has 1 saturated heterocycles. The van der Waals surface area contributed by atoms with E-state index in [0.717, 1.165) is 18.4 Å². The maximum absolute atomic E-state index is 13.1. The number of carbonyl (C=O) groups is 1. The van der Waals surface area contributed by atoms with Crippen LogP contribution in [0, 0.1) is 5.92 Å². The number of sulfonamides is 1. The molecule has 10 heteroatoms. The van der Waals surface area contributed by atoms with Crippen molar-refractivity contribution >= 4 is 39.0 Å². The molecule has 2 aromatic rings. The molecule has 0 unspecified atom stereocenters. The normalized spacial score (nSPS) is 17.0. The molecule has 2 aromatic carbocycles. The lowest BCUT2D eigenvalue weighted by Gasteiger charge is -2.29. The smallest absolute Gasteiger partial charge is 0.326 e. The molecule has 2 amide bonds. The van der Waals surface area contributed by atoms with Gasteiger partial charge in [-0.05, 0) is 55.0 Å². The second-order valence-electron chi connectivity index (χ2n) is 8.40. The van der Waals surface area contributed by atoms with E-state index in [2.05, 4.69) is 12.2 Å². The molecule has 2 aliphatic rings. The monoisotopic (exact) mass is 493 g/mol. The summed E-state index contributed by atoms with van der Waals surface area (Å²) in [6, 6.07) is 7.81. The predicted octanol–water partition coefficient (Wildman–Crippen LogP) is 4.37. The molecule has 0 bridgehead atoms. The molecule has 1 N–H and O–H groups in total. The van der Waals surface area contributed by atoms with Crippen LogP contribution in [0.25, 0.3) is 0 Å². The Kier molecular flexibility index (Phi) is 6.74. The molecule has 0 atom stereocenters. The van der Waals surface area contributed by atoms with Crippen molar-refractivity contribution < 1.29 is 22.7 Å². The van der Waals surface area contributed by atoms with Crippen LogP contribution in [0.3, 0.4) is 0 Å². The molecule has 0 radical (unpaired) electrons. The lowest BCUT2D eigenvalue weighted by atomic mass is 10.0. The van der Waals surface area contributed by atoms with Crippen LogP contribution in [0.4, 0.5) is 16.2 Å². The van der Waals surface area contributed by atoms with Gasteiger partial charge in [0.15, 0.2) is 0 Å². The highest BCUT2D eigenvalue weighted by atomic mass is 35.5. The third-order valence-electron chi connectivity index (χ3n) is 6.29. The highest BCUT2D eigenvalue weighted by Crippen LogP contribution is 2.37. The fraction of sp³-hybridized carbons (Fsp3) is 0.435. The fourth-order valence-electron chi connectivity index (χ4n) is 4.26. The minimum atomic E-state index is -3.54. The fourth-order valence-corrected chi connectivity index (χ4v) is 6.03. The summed E-state index contributed by atoms with van der Waals surface area (Å²) < 4.78 is 38.3. The van der Waals surface area contributed by atoms with Crippen molar-refractivity contribution in [3.05, 3.63) is 40.9 Å². The Morgan fingerprint density at radius 3 is 2.42 bits per heavy atom. The number of piperidine rings is 1. The molecule has 2 aliphatic heterocycles. The van der Waals surface area contributed by atoms with Crippen molar-refractivity contribution in [3.63, 3.8) is 0 Å². The number of nitrogens with one attached hydrogen (secondary N) is 1. The van der Waals surface area contributed by atoms with E-state index in [-0.39, 0.29) is 10.9 Å². The lowest BCUT2D eigenvalue weighted by Crippen LogP contribution is -2.37. The maximum Gasteiger partial charge on any atom is 0.326 e. The van der Waals surface area contributed by atoms with Crippen molar-refractivity contribution in [1.29, 1.82) is 0 Å². The summed E-state index contributed by atoms with van der Waals surface area (Å²) in [7, 11) is -0.548. The minimum absolute atomic E-state index is 0.279. The molecule has 8 nitrogen and oxygen atoms in total. The Hall–Kier alpha value is -2.49. The van der Waals surface area contributed by atoms with Crippen molar-refractivity contribution in [2.24, 2.45) is 5.92 Å². The van der Waals surface area contributed by atoms with Gasteiger partial charge in [-0.3, -0.25) is 4.90 Å². The summed E-state index contributed by atoms with van der Waals surface area (Å²) in [4.78, 5) is 14.9. The van der Waals surface area contributed by atoms with Gasteiger partial charge in [0.2, 0.25) is 10.0 Å². The van der Waals surface area contributed by atoms with Crippen LogP contribution in [0.15, 0.2) is 35.2 Å². The van der Waals surface area contributed by atoms with E-state index in [1.165, 1.54) is 14.2 Å².